The number of pyridine rings is 1. The lowest BCUT2D eigenvalue weighted by Crippen LogP contribution is -2.49. The molecule has 0 spiro atoms. The molecule has 1 amide bonds. The molecule has 0 aliphatic carbocycles. The number of nitrogens with one attached hydrogen (secondary N) is 1. The molecule has 0 bridgehead atoms. The summed E-state index contributed by atoms with van der Waals surface area (Å²) >= 11 is 5.09. The number of thioether (sulfide) groups is 3. The molecule has 0 radical (unpaired) electrons. The van der Waals surface area contributed by atoms with Gasteiger partial charge in [-0.25, -0.2) is 9.97 Å². The molecule has 0 unspecified atom stereocenters. The number of anilines is 1. The van der Waals surface area contributed by atoms with Crippen molar-refractivity contribution < 1.29 is 9.21 Å². The minimum absolute atomic E-state index is 0.0338. The van der Waals surface area contributed by atoms with Crippen molar-refractivity contribution in [2.75, 3.05) is 61.8 Å². The third-order valence-corrected chi connectivity index (χ3v) is 8.25. The first-order chi connectivity index (χ1) is 17.1. The van der Waals surface area contributed by atoms with Gasteiger partial charge in [-0.15, -0.1) is 23.5 Å². The van der Waals surface area contributed by atoms with E-state index in [1.54, 1.807) is 35.3 Å². The number of para-hydroxylation sites is 2. The Morgan fingerprint density at radius 1 is 1.03 bits per heavy atom. The van der Waals surface area contributed by atoms with E-state index in [2.05, 4.69) is 45.0 Å². The van der Waals surface area contributed by atoms with Crippen molar-refractivity contribution in [2.45, 2.75) is 35.9 Å². The van der Waals surface area contributed by atoms with Crippen molar-refractivity contribution in [2.24, 2.45) is 0 Å². The zero-order chi connectivity index (χ0) is 24.6. The molecule has 1 saturated heterocycles. The Morgan fingerprint density at radius 3 is 2.51 bits per heavy atom. The maximum absolute atomic E-state index is 12.9. The van der Waals surface area contributed by atoms with Crippen LogP contribution in [0.5, 0.6) is 0 Å². The first-order valence-corrected chi connectivity index (χ1v) is 15.0. The smallest absolute Gasteiger partial charge is 0.256 e. The van der Waals surface area contributed by atoms with E-state index < -0.39 is 0 Å². The number of benzene rings is 1. The van der Waals surface area contributed by atoms with Gasteiger partial charge in [-0.3, -0.25) is 14.6 Å². The van der Waals surface area contributed by atoms with Gasteiger partial charge in [0.05, 0.1) is 12.2 Å². The summed E-state index contributed by atoms with van der Waals surface area (Å²) in [5, 5.41) is 4.82. The monoisotopic (exact) mass is 531 g/mol. The molecule has 35 heavy (non-hydrogen) atoms. The molecule has 4 rings (SSSR count). The molecule has 10 heteroatoms. The predicted octanol–water partition coefficient (Wildman–Crippen LogP) is 5.10. The fourth-order valence-corrected chi connectivity index (χ4v) is 6.51. The van der Waals surface area contributed by atoms with Crippen LogP contribution in [0.4, 0.5) is 5.69 Å². The molecule has 1 aliphatic heterocycles. The number of nitrogens with zero attached hydrogens (tertiary/aromatic N) is 4. The van der Waals surface area contributed by atoms with Crippen molar-refractivity contribution in [3.05, 3.63) is 36.0 Å². The Balaban J connectivity index is 1.23. The molecule has 7 nitrogen and oxygen atoms in total. The summed E-state index contributed by atoms with van der Waals surface area (Å²) in [5.74, 6) is 2.84. The summed E-state index contributed by atoms with van der Waals surface area (Å²) in [7, 11) is 0. The fourth-order valence-electron chi connectivity index (χ4n) is 3.97. The molecular weight excluding hydrogens is 499 g/mol. The normalized spacial score (nSPS) is 15.1. The third kappa shape index (κ3) is 7.39. The average molecular weight is 532 g/mol. The lowest BCUT2D eigenvalue weighted by Gasteiger charge is -2.34. The number of hydrogen-bond acceptors (Lipinski definition) is 9. The van der Waals surface area contributed by atoms with E-state index in [-0.39, 0.29) is 5.91 Å². The maximum atomic E-state index is 12.9. The second-order valence-corrected chi connectivity index (χ2v) is 11.9. The van der Waals surface area contributed by atoms with Crippen LogP contribution in [-0.4, -0.2) is 82.2 Å². The van der Waals surface area contributed by atoms with Crippen molar-refractivity contribution in [1.82, 2.24) is 19.8 Å². The SMILES string of the molecule is CCSc1cc(C)nc(SCC)c1NC(=O)CN1CCN(CCSc2nc3ccccc3o2)CC1. The molecule has 1 N–H and O–H groups in total. The van der Waals surface area contributed by atoms with Gasteiger partial charge in [-0.05, 0) is 36.6 Å². The van der Waals surface area contributed by atoms with Crippen LogP contribution < -0.4 is 5.32 Å². The average Bonchev–Trinajstić information content (AvgIpc) is 3.25. The number of oxazole rings is 1. The zero-order valence-electron chi connectivity index (χ0n) is 20.6. The van der Waals surface area contributed by atoms with Gasteiger partial charge in [0.2, 0.25) is 5.91 Å². The second kappa shape index (κ2) is 13.0. The van der Waals surface area contributed by atoms with E-state index in [0.29, 0.717) is 6.54 Å². The Hall–Kier alpha value is -1.72. The lowest BCUT2D eigenvalue weighted by molar-refractivity contribution is -0.117. The van der Waals surface area contributed by atoms with E-state index in [1.807, 2.05) is 31.2 Å². The first kappa shape index (κ1) is 26.3. The summed E-state index contributed by atoms with van der Waals surface area (Å²) in [6.45, 7) is 11.3. The summed E-state index contributed by atoms with van der Waals surface area (Å²) < 4.78 is 5.79. The van der Waals surface area contributed by atoms with Gasteiger partial charge in [0.1, 0.15) is 10.5 Å². The Morgan fingerprint density at radius 2 is 1.77 bits per heavy atom. The van der Waals surface area contributed by atoms with E-state index in [9.17, 15) is 4.79 Å². The second-order valence-electron chi connectivity index (χ2n) is 8.27. The number of carbonyl (C=O) groups excluding carboxylic acids is 1. The number of amides is 1. The van der Waals surface area contributed by atoms with Crippen LogP contribution in [0.1, 0.15) is 19.5 Å². The lowest BCUT2D eigenvalue weighted by atomic mass is 10.3. The summed E-state index contributed by atoms with van der Waals surface area (Å²) in [5.41, 5.74) is 3.60. The predicted molar refractivity (Wildman–Crippen MR) is 148 cm³/mol. The molecule has 1 aliphatic rings. The highest BCUT2D eigenvalue weighted by atomic mass is 32.2. The highest BCUT2D eigenvalue weighted by molar-refractivity contribution is 8.00. The van der Waals surface area contributed by atoms with Gasteiger partial charge < -0.3 is 9.73 Å². The van der Waals surface area contributed by atoms with Crippen LogP contribution in [0.25, 0.3) is 11.1 Å². The molecule has 1 aromatic carbocycles. The summed E-state index contributed by atoms with van der Waals surface area (Å²) in [4.78, 5) is 27.9. The van der Waals surface area contributed by atoms with Crippen molar-refractivity contribution in [1.29, 1.82) is 0 Å². The van der Waals surface area contributed by atoms with Crippen LogP contribution in [0.15, 0.2) is 49.9 Å². The number of aromatic nitrogens is 2. The highest BCUT2D eigenvalue weighted by Gasteiger charge is 2.21. The number of piperazine rings is 1. The molecule has 3 heterocycles. The highest BCUT2D eigenvalue weighted by Crippen LogP contribution is 2.35. The van der Waals surface area contributed by atoms with Crippen LogP contribution in [0, 0.1) is 6.92 Å². The Bertz CT molecular complexity index is 1070. The topological polar surface area (TPSA) is 74.5 Å². The minimum Gasteiger partial charge on any atom is -0.431 e. The van der Waals surface area contributed by atoms with Gasteiger partial charge in [-0.1, -0.05) is 37.7 Å². The molecule has 0 atom stereocenters. The zero-order valence-corrected chi connectivity index (χ0v) is 23.0. The minimum atomic E-state index is 0.0338. The molecular formula is C25H33N5O2S3. The standard InChI is InChI=1S/C25H33N5O2S3/c1-4-33-21-16-18(3)26-24(34-5-2)23(21)28-22(31)17-30-12-10-29(11-13-30)14-15-35-25-27-19-8-6-7-9-20(19)32-25/h6-9,16H,4-5,10-15,17H2,1-3H3,(H,28,31). The number of fused-ring (bicyclic) bond motifs is 1. The maximum Gasteiger partial charge on any atom is 0.256 e. The van der Waals surface area contributed by atoms with E-state index in [4.69, 9.17) is 4.42 Å². The van der Waals surface area contributed by atoms with E-state index >= 15 is 0 Å². The number of rotatable bonds is 11. The van der Waals surface area contributed by atoms with Gasteiger partial charge in [-0.2, -0.15) is 0 Å². The third-order valence-electron chi connectivity index (χ3n) is 5.66. The number of carbonyl (C=O) groups is 1. The number of hydrogen-bond donors (Lipinski definition) is 1. The quantitative estimate of drug-likeness (QED) is 0.340. The summed E-state index contributed by atoms with van der Waals surface area (Å²) in [6, 6.07) is 9.93. The molecule has 0 saturated carbocycles. The van der Waals surface area contributed by atoms with Crippen LogP contribution >= 0.6 is 35.3 Å². The van der Waals surface area contributed by atoms with Gasteiger partial charge in [0, 0.05) is 49.1 Å². The summed E-state index contributed by atoms with van der Waals surface area (Å²) in [6.07, 6.45) is 0. The molecule has 3 aromatic rings. The van der Waals surface area contributed by atoms with Crippen molar-refractivity contribution in [3.63, 3.8) is 0 Å². The van der Waals surface area contributed by atoms with Crippen LogP contribution in [0.3, 0.4) is 0 Å². The van der Waals surface area contributed by atoms with Crippen molar-refractivity contribution in [3.8, 4) is 0 Å². The molecule has 1 fully saturated rings. The van der Waals surface area contributed by atoms with Crippen LogP contribution in [0.2, 0.25) is 0 Å². The fraction of sp³-hybridized carbons (Fsp3) is 0.480. The molecule has 2 aromatic heterocycles. The van der Waals surface area contributed by atoms with E-state index in [1.165, 1.54) is 0 Å². The first-order valence-electron chi connectivity index (χ1n) is 12.1. The number of aryl methyl sites for hydroxylation is 1. The van der Waals surface area contributed by atoms with Crippen LogP contribution in [-0.2, 0) is 4.79 Å². The molecule has 188 valence electrons. The largest absolute Gasteiger partial charge is 0.431 e. The van der Waals surface area contributed by atoms with Gasteiger partial charge >= 0.3 is 0 Å². The Kier molecular flexibility index (Phi) is 9.79. The van der Waals surface area contributed by atoms with Gasteiger partial charge in [0.25, 0.3) is 5.22 Å². The van der Waals surface area contributed by atoms with Gasteiger partial charge in [0.15, 0.2) is 5.58 Å². The Labute approximate surface area is 220 Å². The van der Waals surface area contributed by atoms with E-state index in [0.717, 1.165) is 87.6 Å². The van der Waals surface area contributed by atoms with Crippen molar-refractivity contribution >= 4 is 58.0 Å².